The minimum Gasteiger partial charge on any atom is -0.352 e. The van der Waals surface area contributed by atoms with Gasteiger partial charge < -0.3 is 16.0 Å². The van der Waals surface area contributed by atoms with Crippen LogP contribution in [0.15, 0.2) is 0 Å². The number of likely N-dealkylation sites (tertiary alicyclic amines) is 1. The highest BCUT2D eigenvalue weighted by molar-refractivity contribution is 5.91. The first-order valence-electron chi connectivity index (χ1n) is 11.3. The summed E-state index contributed by atoms with van der Waals surface area (Å²) in [7, 11) is 0. The van der Waals surface area contributed by atoms with E-state index in [4.69, 9.17) is 5.73 Å². The summed E-state index contributed by atoms with van der Waals surface area (Å²) in [6.07, 6.45) is 10.6. The quantitative estimate of drug-likeness (QED) is 0.704. The average Bonchev–Trinajstić information content (AvgIpc) is 3.14. The monoisotopic (exact) mass is 411 g/mol. The van der Waals surface area contributed by atoms with Crippen molar-refractivity contribution in [2.24, 2.45) is 28.9 Å². The zero-order valence-corrected chi connectivity index (χ0v) is 18.4. The van der Waals surface area contributed by atoms with Gasteiger partial charge in [-0.25, -0.2) is 0 Å². The summed E-state index contributed by atoms with van der Waals surface area (Å²) in [5.74, 6) is 2.55. The highest BCUT2D eigenvalue weighted by Crippen LogP contribution is 2.60. The van der Waals surface area contributed by atoms with Gasteiger partial charge >= 0.3 is 0 Å². The van der Waals surface area contributed by atoms with Crippen LogP contribution in [0.25, 0.3) is 0 Å². The van der Waals surface area contributed by atoms with Crippen LogP contribution in [0.1, 0.15) is 78.1 Å². The van der Waals surface area contributed by atoms with E-state index in [-0.39, 0.29) is 35.3 Å². The Kier molecular flexibility index (Phi) is 6.36. The number of hydrogen-bond acceptors (Lipinski definition) is 3. The number of hydrogen-bond donors (Lipinski definition) is 2. The number of nitrogens with one attached hydrogen (secondary N) is 1. The van der Waals surface area contributed by atoms with E-state index in [2.05, 4.69) is 19.2 Å². The van der Waals surface area contributed by atoms with E-state index < -0.39 is 0 Å². The van der Waals surface area contributed by atoms with Gasteiger partial charge in [-0.1, -0.05) is 13.8 Å². The third-order valence-corrected chi connectivity index (χ3v) is 8.33. The second kappa shape index (κ2) is 8.14. The minimum atomic E-state index is -0.344. The Balaban J connectivity index is 0.00000225. The molecule has 1 atom stereocenters. The van der Waals surface area contributed by atoms with Crippen molar-refractivity contribution in [2.45, 2.75) is 89.6 Å². The van der Waals surface area contributed by atoms with Crippen molar-refractivity contribution < 1.29 is 9.59 Å². The number of amides is 2. The first kappa shape index (κ1) is 21.9. The first-order chi connectivity index (χ1) is 12.9. The van der Waals surface area contributed by atoms with E-state index in [1.165, 1.54) is 19.3 Å². The van der Waals surface area contributed by atoms with Crippen LogP contribution in [0.4, 0.5) is 0 Å². The largest absolute Gasteiger partial charge is 0.352 e. The van der Waals surface area contributed by atoms with Gasteiger partial charge in [-0.2, -0.15) is 0 Å². The van der Waals surface area contributed by atoms with Gasteiger partial charge in [0.1, 0.15) is 6.04 Å². The van der Waals surface area contributed by atoms with Crippen LogP contribution in [0.2, 0.25) is 0 Å². The molecule has 5 aliphatic rings. The molecule has 0 spiro atoms. The lowest BCUT2D eigenvalue weighted by Gasteiger charge is -2.56. The fraction of sp³-hybridized carbons (Fsp3) is 0.909. The molecule has 0 aromatic heterocycles. The fourth-order valence-electron chi connectivity index (χ4n) is 6.84. The number of rotatable bonds is 6. The molecule has 6 heteroatoms. The van der Waals surface area contributed by atoms with Gasteiger partial charge in [0, 0.05) is 18.6 Å². The molecule has 160 valence electrons. The van der Waals surface area contributed by atoms with Crippen LogP contribution in [0.5, 0.6) is 0 Å². The molecule has 0 radical (unpaired) electrons. The van der Waals surface area contributed by atoms with Crippen molar-refractivity contribution in [1.82, 2.24) is 10.2 Å². The maximum atomic E-state index is 13.6. The Labute approximate surface area is 176 Å². The van der Waals surface area contributed by atoms with Crippen molar-refractivity contribution >= 4 is 24.2 Å². The lowest BCUT2D eigenvalue weighted by Crippen LogP contribution is -2.58. The summed E-state index contributed by atoms with van der Waals surface area (Å²) in [4.78, 5) is 28.5. The molecule has 1 unspecified atom stereocenters. The van der Waals surface area contributed by atoms with E-state index in [9.17, 15) is 9.59 Å². The molecule has 0 aromatic carbocycles. The van der Waals surface area contributed by atoms with Gasteiger partial charge in [-0.3, -0.25) is 9.59 Å². The number of nitrogens with zero attached hydrogens (tertiary/aromatic N) is 1. The number of nitrogens with two attached hydrogens (primary N) is 1. The highest BCUT2D eigenvalue weighted by atomic mass is 35.5. The Morgan fingerprint density at radius 3 is 2.11 bits per heavy atom. The molecule has 5 fully saturated rings. The molecule has 3 N–H and O–H groups in total. The lowest BCUT2D eigenvalue weighted by molar-refractivity contribution is -0.160. The van der Waals surface area contributed by atoms with E-state index >= 15 is 0 Å². The van der Waals surface area contributed by atoms with Gasteiger partial charge in [0.2, 0.25) is 11.8 Å². The van der Waals surface area contributed by atoms with E-state index in [1.54, 1.807) is 0 Å². The smallest absolute Gasteiger partial charge is 0.242 e. The van der Waals surface area contributed by atoms with Crippen molar-refractivity contribution in [1.29, 1.82) is 0 Å². The SMILES string of the molecule is CCC(N)(CC)CNC(=O)C1CCCN1C(=O)C12CC3CC(CC(C3)C1)C2.Cl. The standard InChI is InChI=1S/C22H37N3O2.ClH/c1-3-22(23,4-2)14-24-19(26)18-6-5-7-25(18)20(27)21-11-15-8-16(12-21)10-17(9-15)13-21;/h15-18H,3-14,23H2,1-2H3,(H,24,26);1H. The molecule has 4 saturated carbocycles. The van der Waals surface area contributed by atoms with Crippen molar-refractivity contribution in [2.75, 3.05) is 13.1 Å². The maximum absolute atomic E-state index is 13.6. The Morgan fingerprint density at radius 2 is 1.61 bits per heavy atom. The van der Waals surface area contributed by atoms with Gasteiger partial charge in [-0.15, -0.1) is 12.4 Å². The molecule has 1 heterocycles. The number of carbonyl (C=O) groups is 2. The average molecular weight is 412 g/mol. The van der Waals surface area contributed by atoms with E-state index in [0.29, 0.717) is 12.5 Å². The number of carbonyl (C=O) groups excluding carboxylic acids is 2. The van der Waals surface area contributed by atoms with Gasteiger partial charge in [-0.05, 0) is 82.0 Å². The molecular weight excluding hydrogens is 374 g/mol. The van der Waals surface area contributed by atoms with Crippen LogP contribution >= 0.6 is 12.4 Å². The van der Waals surface area contributed by atoms with Crippen LogP contribution < -0.4 is 11.1 Å². The third kappa shape index (κ3) is 3.81. The molecule has 2 amide bonds. The zero-order valence-electron chi connectivity index (χ0n) is 17.5. The molecule has 1 aliphatic heterocycles. The molecule has 4 bridgehead atoms. The van der Waals surface area contributed by atoms with Crippen LogP contribution in [-0.2, 0) is 9.59 Å². The van der Waals surface area contributed by atoms with Crippen molar-refractivity contribution in [3.63, 3.8) is 0 Å². The summed E-state index contributed by atoms with van der Waals surface area (Å²) in [5.41, 5.74) is 5.85. The summed E-state index contributed by atoms with van der Waals surface area (Å²) in [6, 6.07) is -0.288. The number of halogens is 1. The summed E-state index contributed by atoms with van der Waals surface area (Å²) in [5, 5.41) is 3.07. The summed E-state index contributed by atoms with van der Waals surface area (Å²) < 4.78 is 0. The normalized spacial score (nSPS) is 36.3. The fourth-order valence-corrected chi connectivity index (χ4v) is 6.84. The van der Waals surface area contributed by atoms with Crippen LogP contribution in [0.3, 0.4) is 0 Å². The molecular formula is C22H38ClN3O2. The van der Waals surface area contributed by atoms with E-state index in [0.717, 1.165) is 69.2 Å². The van der Waals surface area contributed by atoms with Crippen LogP contribution in [0, 0.1) is 23.2 Å². The van der Waals surface area contributed by atoms with Gasteiger partial charge in [0.25, 0.3) is 0 Å². The summed E-state index contributed by atoms with van der Waals surface area (Å²) >= 11 is 0. The molecule has 0 aromatic rings. The van der Waals surface area contributed by atoms with Gasteiger partial charge in [0.15, 0.2) is 0 Å². The maximum Gasteiger partial charge on any atom is 0.242 e. The molecule has 5 rings (SSSR count). The predicted molar refractivity (Wildman–Crippen MR) is 113 cm³/mol. The first-order valence-corrected chi connectivity index (χ1v) is 11.3. The third-order valence-electron chi connectivity index (χ3n) is 8.33. The molecule has 28 heavy (non-hydrogen) atoms. The predicted octanol–water partition coefficient (Wildman–Crippen LogP) is 3.25. The Bertz CT molecular complexity index is 569. The highest BCUT2D eigenvalue weighted by Gasteiger charge is 2.56. The second-order valence-corrected chi connectivity index (χ2v) is 10.1. The second-order valence-electron chi connectivity index (χ2n) is 10.1. The molecule has 4 aliphatic carbocycles. The van der Waals surface area contributed by atoms with Crippen molar-refractivity contribution in [3.8, 4) is 0 Å². The van der Waals surface area contributed by atoms with Crippen LogP contribution in [-0.4, -0.2) is 41.4 Å². The zero-order chi connectivity index (χ0) is 19.2. The Morgan fingerprint density at radius 1 is 1.07 bits per heavy atom. The Hall–Kier alpha value is -0.810. The van der Waals surface area contributed by atoms with E-state index in [1.807, 2.05) is 4.90 Å². The minimum absolute atomic E-state index is 0. The molecule has 5 nitrogen and oxygen atoms in total. The molecule has 1 saturated heterocycles. The topological polar surface area (TPSA) is 75.4 Å². The summed E-state index contributed by atoms with van der Waals surface area (Å²) in [6.45, 7) is 5.37. The van der Waals surface area contributed by atoms with Gasteiger partial charge in [0.05, 0.1) is 5.41 Å². The lowest BCUT2D eigenvalue weighted by atomic mass is 9.49. The van der Waals surface area contributed by atoms with Crippen molar-refractivity contribution in [3.05, 3.63) is 0 Å².